The summed E-state index contributed by atoms with van der Waals surface area (Å²) in [4.78, 5) is 0. The number of aliphatic hydroxyl groups excluding tert-OH is 1. The Kier molecular flexibility index (Phi) is 9.87. The van der Waals surface area contributed by atoms with Crippen LogP contribution in [0, 0.1) is 40.4 Å². The molecule has 3 rings (SSSR count). The molecule has 0 bridgehead atoms. The summed E-state index contributed by atoms with van der Waals surface area (Å²) in [5, 5.41) is 10.3. The third-order valence-corrected chi connectivity index (χ3v) is 9.25. The zero-order valence-electron chi connectivity index (χ0n) is 23.4. The smallest absolute Gasteiger partial charge is 0.0789 e. The largest absolute Gasteiger partial charge is 0.388 e. The summed E-state index contributed by atoms with van der Waals surface area (Å²) >= 11 is 0. The first kappa shape index (κ1) is 28.2. The molecule has 0 heterocycles. The molecule has 3 aliphatic carbocycles. The van der Waals surface area contributed by atoms with Gasteiger partial charge >= 0.3 is 0 Å². The van der Waals surface area contributed by atoms with Crippen LogP contribution in [-0.2, 0) is 0 Å². The van der Waals surface area contributed by atoms with Gasteiger partial charge in [0.15, 0.2) is 0 Å². The van der Waals surface area contributed by atoms with Gasteiger partial charge in [-0.2, -0.15) is 0 Å². The molecular formula is C32H54O. The maximum Gasteiger partial charge on any atom is 0.0789 e. The Balaban J connectivity index is 0.00000187. The summed E-state index contributed by atoms with van der Waals surface area (Å²) in [5.74, 6) is 3.30. The van der Waals surface area contributed by atoms with Crippen molar-refractivity contribution < 1.29 is 5.11 Å². The first-order valence-corrected chi connectivity index (χ1v) is 13.9. The number of rotatable bonds is 4. The van der Waals surface area contributed by atoms with Crippen LogP contribution in [0.1, 0.15) is 107 Å². The average molecular weight is 455 g/mol. The molecular weight excluding hydrogens is 400 g/mol. The van der Waals surface area contributed by atoms with Crippen LogP contribution in [0.2, 0.25) is 0 Å². The summed E-state index contributed by atoms with van der Waals surface area (Å²) in [6.07, 6.45) is 17.9. The topological polar surface area (TPSA) is 20.2 Å². The van der Waals surface area contributed by atoms with Crippen molar-refractivity contribution in [2.24, 2.45) is 40.4 Å². The average Bonchev–Trinajstić information content (AvgIpc) is 3.11. The van der Waals surface area contributed by atoms with Gasteiger partial charge in [-0.3, -0.25) is 0 Å². The molecule has 7 unspecified atom stereocenters. The Bertz CT molecular complexity index is 745. The summed E-state index contributed by atoms with van der Waals surface area (Å²) in [6.45, 7) is 24.8. The minimum atomic E-state index is -0.357. The van der Waals surface area contributed by atoms with Crippen LogP contribution < -0.4 is 0 Å². The lowest BCUT2D eigenvalue weighted by Crippen LogP contribution is -2.35. The van der Waals surface area contributed by atoms with Gasteiger partial charge in [0.1, 0.15) is 0 Å². The van der Waals surface area contributed by atoms with Crippen LogP contribution >= 0.6 is 0 Å². The van der Waals surface area contributed by atoms with E-state index in [0.29, 0.717) is 28.6 Å². The van der Waals surface area contributed by atoms with Crippen molar-refractivity contribution in [2.45, 2.75) is 113 Å². The van der Waals surface area contributed by atoms with Crippen molar-refractivity contribution in [1.82, 2.24) is 0 Å². The normalized spacial score (nSPS) is 37.1. The maximum absolute atomic E-state index is 10.3. The van der Waals surface area contributed by atoms with Gasteiger partial charge in [0.25, 0.3) is 0 Å². The predicted octanol–water partition coefficient (Wildman–Crippen LogP) is 9.30. The highest BCUT2D eigenvalue weighted by Gasteiger charge is 2.50. The molecule has 3 saturated carbocycles. The quantitative estimate of drug-likeness (QED) is 0.419. The standard InChI is InChI=1S/C30H48O.C2H6/c1-20-18-25(23(4)28(31)19-20)14-13-24-10-9-17-30(8)26(15-16-27(24)30)21(2)11-12-22(3)29(5,6)7;1-2/h11-14,20-22,26-28,31H,4,9-10,15-19H2,1-3,5-8H3;1-2H3/b12-11+,24-13+,25-14-;. The number of aliphatic hydroxyl groups is 1. The molecule has 3 aliphatic rings. The number of hydrogen-bond donors (Lipinski definition) is 1. The van der Waals surface area contributed by atoms with Gasteiger partial charge in [0.2, 0.25) is 0 Å². The Labute approximate surface area is 206 Å². The highest BCUT2D eigenvalue weighted by atomic mass is 16.3. The molecule has 0 aromatic carbocycles. The summed E-state index contributed by atoms with van der Waals surface area (Å²) < 4.78 is 0. The van der Waals surface area contributed by atoms with E-state index in [9.17, 15) is 5.11 Å². The lowest BCUT2D eigenvalue weighted by atomic mass is 9.61. The van der Waals surface area contributed by atoms with E-state index >= 15 is 0 Å². The summed E-state index contributed by atoms with van der Waals surface area (Å²) in [6, 6.07) is 0. The first-order valence-electron chi connectivity index (χ1n) is 13.9. The molecule has 0 radical (unpaired) electrons. The van der Waals surface area contributed by atoms with E-state index in [-0.39, 0.29) is 6.10 Å². The second kappa shape index (κ2) is 11.6. The second-order valence-corrected chi connectivity index (χ2v) is 12.5. The van der Waals surface area contributed by atoms with Crippen LogP contribution in [0.3, 0.4) is 0 Å². The molecule has 0 aliphatic heterocycles. The second-order valence-electron chi connectivity index (χ2n) is 12.5. The fourth-order valence-corrected chi connectivity index (χ4v) is 6.62. The SMILES string of the molecule is C=C1/C(=C\C=C2/CCCC3(C)C2CCC3C(C)/C=C/C(C)C(C)(C)C)CC(C)CC1O.CC. The van der Waals surface area contributed by atoms with Crippen molar-refractivity contribution in [3.8, 4) is 0 Å². The third kappa shape index (κ3) is 6.53. The number of fused-ring (bicyclic) bond motifs is 1. The van der Waals surface area contributed by atoms with Crippen molar-refractivity contribution in [2.75, 3.05) is 0 Å². The van der Waals surface area contributed by atoms with Crippen LogP contribution in [0.4, 0.5) is 0 Å². The molecule has 0 saturated heterocycles. The van der Waals surface area contributed by atoms with E-state index < -0.39 is 0 Å². The van der Waals surface area contributed by atoms with Gasteiger partial charge in [0.05, 0.1) is 6.10 Å². The van der Waals surface area contributed by atoms with E-state index in [1.165, 1.54) is 37.7 Å². The molecule has 1 heteroatoms. The van der Waals surface area contributed by atoms with Crippen molar-refractivity contribution in [3.05, 3.63) is 47.6 Å². The van der Waals surface area contributed by atoms with E-state index in [1.807, 2.05) is 13.8 Å². The van der Waals surface area contributed by atoms with E-state index in [0.717, 1.165) is 30.3 Å². The van der Waals surface area contributed by atoms with E-state index in [4.69, 9.17) is 0 Å². The van der Waals surface area contributed by atoms with Gasteiger partial charge in [-0.1, -0.05) is 98.8 Å². The summed E-state index contributed by atoms with van der Waals surface area (Å²) in [5.41, 5.74) is 4.63. The molecule has 188 valence electrons. The maximum atomic E-state index is 10.3. The fourth-order valence-electron chi connectivity index (χ4n) is 6.62. The van der Waals surface area contributed by atoms with Crippen LogP contribution in [0.15, 0.2) is 47.6 Å². The van der Waals surface area contributed by atoms with E-state index in [2.05, 4.69) is 79.3 Å². The molecule has 0 amide bonds. The van der Waals surface area contributed by atoms with Gasteiger partial charge in [0, 0.05) is 0 Å². The predicted molar refractivity (Wildman–Crippen MR) is 146 cm³/mol. The Morgan fingerprint density at radius 3 is 2.39 bits per heavy atom. The van der Waals surface area contributed by atoms with Crippen LogP contribution in [0.5, 0.6) is 0 Å². The van der Waals surface area contributed by atoms with Crippen LogP contribution in [-0.4, -0.2) is 11.2 Å². The molecule has 7 atom stereocenters. The lowest BCUT2D eigenvalue weighted by molar-refractivity contribution is 0.112. The minimum Gasteiger partial charge on any atom is -0.388 e. The number of hydrogen-bond acceptors (Lipinski definition) is 1. The molecule has 1 nitrogen and oxygen atoms in total. The third-order valence-electron chi connectivity index (χ3n) is 9.25. The van der Waals surface area contributed by atoms with Gasteiger partial charge in [-0.25, -0.2) is 0 Å². The molecule has 0 aromatic heterocycles. The zero-order valence-corrected chi connectivity index (χ0v) is 23.4. The van der Waals surface area contributed by atoms with Gasteiger partial charge in [-0.15, -0.1) is 0 Å². The lowest BCUT2D eigenvalue weighted by Gasteiger charge is -2.44. The molecule has 3 fully saturated rings. The number of allylic oxidation sites excluding steroid dienone is 5. The molecule has 0 spiro atoms. The van der Waals surface area contributed by atoms with Crippen molar-refractivity contribution in [1.29, 1.82) is 0 Å². The van der Waals surface area contributed by atoms with Gasteiger partial charge < -0.3 is 5.11 Å². The van der Waals surface area contributed by atoms with E-state index in [1.54, 1.807) is 5.57 Å². The Morgan fingerprint density at radius 2 is 1.76 bits per heavy atom. The minimum absolute atomic E-state index is 0.334. The summed E-state index contributed by atoms with van der Waals surface area (Å²) in [7, 11) is 0. The van der Waals surface area contributed by atoms with Gasteiger partial charge in [-0.05, 0) is 96.5 Å². The zero-order chi connectivity index (χ0) is 25.0. The molecule has 1 N–H and O–H groups in total. The van der Waals surface area contributed by atoms with Crippen LogP contribution in [0.25, 0.3) is 0 Å². The van der Waals surface area contributed by atoms with Crippen molar-refractivity contribution in [3.63, 3.8) is 0 Å². The highest BCUT2D eigenvalue weighted by molar-refractivity contribution is 5.38. The molecule has 33 heavy (non-hydrogen) atoms. The Hall–Kier alpha value is -1.08. The Morgan fingerprint density at radius 1 is 1.09 bits per heavy atom. The fraction of sp³-hybridized carbons (Fsp3) is 0.750. The van der Waals surface area contributed by atoms with Crippen molar-refractivity contribution >= 4 is 0 Å². The molecule has 0 aromatic rings. The monoisotopic (exact) mass is 454 g/mol. The first-order chi connectivity index (χ1) is 15.4. The highest BCUT2D eigenvalue weighted by Crippen LogP contribution is 2.59.